The minimum Gasteiger partial charge on any atom is -0.497 e. The molecule has 0 fully saturated rings. The summed E-state index contributed by atoms with van der Waals surface area (Å²) >= 11 is 2.61. The second kappa shape index (κ2) is 10.3. The average Bonchev–Trinajstić information content (AvgIpc) is 3.49. The van der Waals surface area contributed by atoms with Crippen LogP contribution in [0.2, 0.25) is 0 Å². The summed E-state index contributed by atoms with van der Waals surface area (Å²) in [4.78, 5) is 25.1. The Labute approximate surface area is 198 Å². The number of nitrogens with one attached hydrogen (secondary N) is 1. The fourth-order valence-corrected chi connectivity index (χ4v) is 4.35. The Balaban J connectivity index is 1.34. The van der Waals surface area contributed by atoms with Crippen LogP contribution in [0.25, 0.3) is 5.69 Å². The van der Waals surface area contributed by atoms with Crippen LogP contribution >= 0.6 is 23.1 Å². The van der Waals surface area contributed by atoms with Crippen molar-refractivity contribution in [3.63, 3.8) is 0 Å². The minimum absolute atomic E-state index is 0.0607. The van der Waals surface area contributed by atoms with Crippen molar-refractivity contribution in [1.29, 1.82) is 0 Å². The SMILES string of the molecule is COc1ccc(-n2c(C)nnc2SCC(=O)Oc2ccc(NC(=O)c3cccs3)cc2)cc1. The minimum atomic E-state index is -0.419. The number of hydrogen-bond donors (Lipinski definition) is 1. The molecular formula is C23H20N4O4S2. The van der Waals surface area contributed by atoms with Crippen LogP contribution in [-0.2, 0) is 4.79 Å². The molecule has 0 bridgehead atoms. The first-order valence-electron chi connectivity index (χ1n) is 9.88. The number of anilines is 1. The number of benzene rings is 2. The largest absolute Gasteiger partial charge is 0.497 e. The molecule has 1 amide bonds. The smallest absolute Gasteiger partial charge is 0.321 e. The van der Waals surface area contributed by atoms with Crippen LogP contribution < -0.4 is 14.8 Å². The summed E-state index contributed by atoms with van der Waals surface area (Å²) in [7, 11) is 1.61. The van der Waals surface area contributed by atoms with E-state index in [1.807, 2.05) is 47.2 Å². The standard InChI is InChI=1S/C23H20N4O4S2/c1-15-25-26-23(27(15)17-7-11-18(30-2)12-8-17)33-14-21(28)31-19-9-5-16(6-10-19)24-22(29)20-4-3-13-32-20/h3-13H,14H2,1-2H3,(H,24,29). The number of aromatic nitrogens is 3. The van der Waals surface area contributed by atoms with Crippen LogP contribution in [-0.4, -0.2) is 39.5 Å². The quantitative estimate of drug-likeness (QED) is 0.224. The first kappa shape index (κ1) is 22.6. The predicted molar refractivity (Wildman–Crippen MR) is 128 cm³/mol. The van der Waals surface area contributed by atoms with Gasteiger partial charge in [-0.1, -0.05) is 17.8 Å². The lowest BCUT2D eigenvalue weighted by Crippen LogP contribution is -2.12. The van der Waals surface area contributed by atoms with Crippen LogP contribution in [0.5, 0.6) is 11.5 Å². The highest BCUT2D eigenvalue weighted by molar-refractivity contribution is 7.99. The molecule has 0 aliphatic carbocycles. The van der Waals surface area contributed by atoms with Gasteiger partial charge in [-0.05, 0) is 66.9 Å². The molecule has 2 heterocycles. The molecule has 1 N–H and O–H groups in total. The van der Waals surface area contributed by atoms with Crippen molar-refractivity contribution in [2.24, 2.45) is 0 Å². The third kappa shape index (κ3) is 5.60. The molecule has 0 atom stereocenters. The Morgan fingerprint density at radius 2 is 1.76 bits per heavy atom. The van der Waals surface area contributed by atoms with E-state index in [0.29, 0.717) is 27.3 Å². The van der Waals surface area contributed by atoms with Gasteiger partial charge in [0.2, 0.25) is 0 Å². The number of rotatable bonds is 8. The fraction of sp³-hybridized carbons (Fsp3) is 0.130. The number of thioether (sulfide) groups is 1. The van der Waals surface area contributed by atoms with Crippen LogP contribution in [0.4, 0.5) is 5.69 Å². The Hall–Kier alpha value is -3.63. The first-order valence-corrected chi connectivity index (χ1v) is 11.7. The topological polar surface area (TPSA) is 95.3 Å². The monoisotopic (exact) mass is 480 g/mol. The van der Waals surface area contributed by atoms with Gasteiger partial charge in [-0.3, -0.25) is 14.2 Å². The highest BCUT2D eigenvalue weighted by Gasteiger charge is 2.15. The number of carbonyl (C=O) groups excluding carboxylic acids is 2. The van der Waals surface area contributed by atoms with Crippen molar-refractivity contribution in [2.45, 2.75) is 12.1 Å². The van der Waals surface area contributed by atoms with Gasteiger partial charge in [-0.15, -0.1) is 21.5 Å². The Morgan fingerprint density at radius 1 is 1.03 bits per heavy atom. The maximum absolute atomic E-state index is 12.4. The third-order valence-corrected chi connectivity index (χ3v) is 6.30. The van der Waals surface area contributed by atoms with Gasteiger partial charge in [0.25, 0.3) is 5.91 Å². The number of nitrogens with zero attached hydrogens (tertiary/aromatic N) is 3. The lowest BCUT2D eigenvalue weighted by Gasteiger charge is -2.09. The Bertz CT molecular complexity index is 1240. The van der Waals surface area contributed by atoms with Gasteiger partial charge >= 0.3 is 5.97 Å². The van der Waals surface area contributed by atoms with Gasteiger partial charge in [0, 0.05) is 11.4 Å². The molecule has 0 unspecified atom stereocenters. The lowest BCUT2D eigenvalue weighted by atomic mass is 10.3. The van der Waals surface area contributed by atoms with Crippen molar-refractivity contribution in [3.8, 4) is 17.2 Å². The van der Waals surface area contributed by atoms with E-state index in [1.54, 1.807) is 37.4 Å². The molecule has 10 heteroatoms. The van der Waals surface area contributed by atoms with E-state index in [9.17, 15) is 9.59 Å². The van der Waals surface area contributed by atoms with Gasteiger partial charge in [0.15, 0.2) is 5.16 Å². The highest BCUT2D eigenvalue weighted by Crippen LogP contribution is 2.24. The van der Waals surface area contributed by atoms with Gasteiger partial charge < -0.3 is 14.8 Å². The van der Waals surface area contributed by atoms with Gasteiger partial charge in [-0.25, -0.2) is 0 Å². The molecule has 0 radical (unpaired) electrons. The van der Waals surface area contributed by atoms with E-state index in [4.69, 9.17) is 9.47 Å². The maximum Gasteiger partial charge on any atom is 0.321 e. The van der Waals surface area contributed by atoms with E-state index in [1.165, 1.54) is 23.1 Å². The van der Waals surface area contributed by atoms with E-state index in [2.05, 4.69) is 15.5 Å². The average molecular weight is 481 g/mol. The molecule has 0 saturated carbocycles. The highest BCUT2D eigenvalue weighted by atomic mass is 32.2. The summed E-state index contributed by atoms with van der Waals surface area (Å²) in [5, 5.41) is 13.5. The second-order valence-corrected chi connectivity index (χ2v) is 8.67. The number of hydrogen-bond acceptors (Lipinski definition) is 8. The number of carbonyl (C=O) groups is 2. The summed E-state index contributed by atoms with van der Waals surface area (Å²) in [5.74, 6) is 1.31. The molecule has 33 heavy (non-hydrogen) atoms. The summed E-state index contributed by atoms with van der Waals surface area (Å²) in [6.07, 6.45) is 0. The molecule has 0 saturated heterocycles. The van der Waals surface area contributed by atoms with Crippen molar-refractivity contribution >= 4 is 40.7 Å². The Morgan fingerprint density at radius 3 is 2.42 bits per heavy atom. The summed E-state index contributed by atoms with van der Waals surface area (Å²) < 4.78 is 12.5. The van der Waals surface area contributed by atoms with E-state index < -0.39 is 5.97 Å². The number of thiophene rings is 1. The predicted octanol–water partition coefficient (Wildman–Crippen LogP) is 4.60. The van der Waals surface area contributed by atoms with Gasteiger partial charge in [-0.2, -0.15) is 0 Å². The molecule has 0 spiro atoms. The van der Waals surface area contributed by atoms with Gasteiger partial charge in [0.05, 0.1) is 17.7 Å². The number of amides is 1. The summed E-state index contributed by atoms with van der Waals surface area (Å²) in [5.41, 5.74) is 1.49. The molecule has 4 aromatic rings. The molecule has 8 nitrogen and oxygen atoms in total. The van der Waals surface area contributed by atoms with Crippen LogP contribution in [0.3, 0.4) is 0 Å². The van der Waals surface area contributed by atoms with Crippen LogP contribution in [0.1, 0.15) is 15.5 Å². The molecule has 0 aliphatic heterocycles. The van der Waals surface area contributed by atoms with Crippen molar-refractivity contribution in [3.05, 3.63) is 76.7 Å². The lowest BCUT2D eigenvalue weighted by molar-refractivity contribution is -0.131. The molecule has 0 aliphatic rings. The number of esters is 1. The number of aryl methyl sites for hydroxylation is 1. The van der Waals surface area contributed by atoms with E-state index in [0.717, 1.165) is 11.4 Å². The number of methoxy groups -OCH3 is 1. The molecule has 2 aromatic heterocycles. The zero-order valence-electron chi connectivity index (χ0n) is 17.8. The summed E-state index contributed by atoms with van der Waals surface area (Å²) in [6.45, 7) is 1.85. The van der Waals surface area contributed by atoms with E-state index in [-0.39, 0.29) is 11.7 Å². The molecular weight excluding hydrogens is 460 g/mol. The van der Waals surface area contributed by atoms with Crippen LogP contribution in [0.15, 0.2) is 71.2 Å². The second-order valence-electron chi connectivity index (χ2n) is 6.78. The third-order valence-electron chi connectivity index (χ3n) is 4.53. The molecule has 2 aromatic carbocycles. The maximum atomic E-state index is 12.4. The van der Waals surface area contributed by atoms with Crippen LogP contribution in [0, 0.1) is 6.92 Å². The van der Waals surface area contributed by atoms with Gasteiger partial charge in [0.1, 0.15) is 17.3 Å². The first-order chi connectivity index (χ1) is 16.0. The normalized spacial score (nSPS) is 10.6. The molecule has 168 valence electrons. The number of ether oxygens (including phenoxy) is 2. The zero-order valence-corrected chi connectivity index (χ0v) is 19.5. The summed E-state index contributed by atoms with van der Waals surface area (Å²) in [6, 6.07) is 17.7. The van der Waals surface area contributed by atoms with Crippen molar-refractivity contribution in [2.75, 3.05) is 18.2 Å². The van der Waals surface area contributed by atoms with Crippen molar-refractivity contribution < 1.29 is 19.1 Å². The molecule has 4 rings (SSSR count). The Kier molecular flexibility index (Phi) is 7.06. The van der Waals surface area contributed by atoms with E-state index >= 15 is 0 Å². The zero-order chi connectivity index (χ0) is 23.2. The fourth-order valence-electron chi connectivity index (χ4n) is 2.96. The van der Waals surface area contributed by atoms with Crippen molar-refractivity contribution in [1.82, 2.24) is 14.8 Å².